The number of hydrogen-bond donors (Lipinski definition) is 1. The summed E-state index contributed by atoms with van der Waals surface area (Å²) < 4.78 is 5.29. The summed E-state index contributed by atoms with van der Waals surface area (Å²) >= 11 is 6.10. The molecule has 0 aliphatic heterocycles. The Morgan fingerprint density at radius 2 is 2.11 bits per heavy atom. The van der Waals surface area contributed by atoms with Gasteiger partial charge in [0.05, 0.1) is 5.71 Å². The van der Waals surface area contributed by atoms with E-state index in [-0.39, 0.29) is 37.1 Å². The van der Waals surface area contributed by atoms with E-state index >= 15 is 0 Å². The van der Waals surface area contributed by atoms with Crippen molar-refractivity contribution < 1.29 is 29.9 Å². The molecule has 0 saturated heterocycles. The maximum absolute atomic E-state index is 11.6. The minimum absolute atomic E-state index is 0. The van der Waals surface area contributed by atoms with Crippen molar-refractivity contribution in [2.24, 2.45) is 10.2 Å². The molecule has 0 unspecified atom stereocenters. The molecule has 1 heterocycles. The van der Waals surface area contributed by atoms with E-state index in [2.05, 4.69) is 10.2 Å². The van der Waals surface area contributed by atoms with Crippen LogP contribution in [0.4, 0.5) is 0 Å². The maximum Gasteiger partial charge on any atom is 0.295 e. The summed E-state index contributed by atoms with van der Waals surface area (Å²) in [5.74, 6) is -0.123. The van der Waals surface area contributed by atoms with Crippen LogP contribution >= 0.6 is 11.8 Å². The molecule has 1 aromatic rings. The smallest absolute Gasteiger partial charge is 0.295 e. The van der Waals surface area contributed by atoms with Crippen molar-refractivity contribution >= 4 is 34.5 Å². The van der Waals surface area contributed by atoms with Crippen molar-refractivity contribution in [3.8, 4) is 5.95 Å². The van der Waals surface area contributed by atoms with Gasteiger partial charge in [-0.3, -0.25) is 4.79 Å². The van der Waals surface area contributed by atoms with E-state index in [0.717, 1.165) is 0 Å². The molecule has 0 atom stereocenters. The molecule has 0 radical (unpaired) electrons. The normalized spacial score (nSPS) is 12.2. The van der Waals surface area contributed by atoms with Crippen LogP contribution in [-0.4, -0.2) is 21.4 Å². The first-order chi connectivity index (χ1) is 7.95. The van der Waals surface area contributed by atoms with Crippen molar-refractivity contribution in [2.45, 2.75) is 13.8 Å². The molecule has 1 N–H and O–H groups in total. The topological polar surface area (TPSA) is 75.2 Å². The Bertz CT molecular complexity index is 540. The van der Waals surface area contributed by atoms with Gasteiger partial charge in [-0.2, -0.15) is 10.2 Å². The predicted molar refractivity (Wildman–Crippen MR) is 71.9 cm³/mol. The van der Waals surface area contributed by atoms with Crippen LogP contribution in [0.15, 0.2) is 25.5 Å². The fraction of sp³-hybridized carbons (Fsp3) is 0.300. The van der Waals surface area contributed by atoms with Crippen LogP contribution in [0.5, 0.6) is 5.95 Å². The standard InChI is InChI=1S/C10H12N2O3S2.Pd/c1-5-4-7(13)8(9(14)15-5)6(2)11-12-10(16)17-3;/h4,14H,1-3H3,(H,12,16);/p-1/b11-6-;. The Hall–Kier alpha value is -0.678. The summed E-state index contributed by atoms with van der Waals surface area (Å²) in [6.45, 7) is 3.12. The van der Waals surface area contributed by atoms with E-state index in [9.17, 15) is 9.90 Å². The van der Waals surface area contributed by atoms with Gasteiger partial charge in [-0.15, -0.1) is 11.8 Å². The monoisotopic (exact) mass is 377 g/mol. The molecule has 0 fully saturated rings. The van der Waals surface area contributed by atoms with Gasteiger partial charge in [0.2, 0.25) is 0 Å². The summed E-state index contributed by atoms with van der Waals surface area (Å²) in [5, 5.41) is 17.0. The first-order valence-corrected chi connectivity index (χ1v) is 6.26. The van der Waals surface area contributed by atoms with Gasteiger partial charge in [0, 0.05) is 26.5 Å². The van der Waals surface area contributed by atoms with E-state index in [1.54, 1.807) is 20.1 Å². The van der Waals surface area contributed by atoms with Gasteiger partial charge in [-0.1, -0.05) is 0 Å². The Balaban J connectivity index is 0.00000289. The van der Waals surface area contributed by atoms with Crippen molar-refractivity contribution in [1.82, 2.24) is 0 Å². The van der Waals surface area contributed by atoms with Crippen molar-refractivity contribution in [3.05, 3.63) is 27.6 Å². The van der Waals surface area contributed by atoms with Crippen molar-refractivity contribution in [2.75, 3.05) is 6.26 Å². The first-order valence-electron chi connectivity index (χ1n) is 4.63. The average Bonchev–Trinajstić information content (AvgIpc) is 2.24. The molecular formula is C10H11N2O3PdS2-. The fourth-order valence-electron chi connectivity index (χ4n) is 1.13. The molecule has 0 spiro atoms. The number of hydrogen-bond acceptors (Lipinski definition) is 7. The molecule has 0 aliphatic carbocycles. The molecule has 0 amide bonds. The molecule has 0 saturated carbocycles. The number of aromatic hydroxyl groups is 1. The largest absolute Gasteiger partial charge is 0.752 e. The van der Waals surface area contributed by atoms with E-state index in [1.807, 2.05) is 0 Å². The average molecular weight is 378 g/mol. The predicted octanol–water partition coefficient (Wildman–Crippen LogP) is 1.64. The summed E-state index contributed by atoms with van der Waals surface area (Å²) in [6, 6.07) is 1.28. The molecule has 0 bridgehead atoms. The second-order valence-electron chi connectivity index (χ2n) is 3.16. The third-order valence-corrected chi connectivity index (χ3v) is 2.88. The molecule has 5 nitrogen and oxygen atoms in total. The first kappa shape index (κ1) is 17.3. The van der Waals surface area contributed by atoms with Crippen LogP contribution in [0.1, 0.15) is 18.2 Å². The minimum Gasteiger partial charge on any atom is -0.752 e. The molecule has 1 rings (SSSR count). The summed E-state index contributed by atoms with van der Waals surface area (Å²) in [5.41, 5.74) is -0.103. The second kappa shape index (κ2) is 7.69. The molecule has 0 aliphatic rings. The van der Waals surface area contributed by atoms with E-state index in [0.29, 0.717) is 10.1 Å². The van der Waals surface area contributed by atoms with Gasteiger partial charge >= 0.3 is 0 Å². The maximum atomic E-state index is 11.6. The summed E-state index contributed by atoms with van der Waals surface area (Å²) in [7, 11) is 0. The van der Waals surface area contributed by atoms with Crippen LogP contribution in [0.2, 0.25) is 0 Å². The van der Waals surface area contributed by atoms with Crippen LogP contribution in [-0.2, 0) is 33.1 Å². The Kier molecular flexibility index (Phi) is 7.40. The Morgan fingerprint density at radius 1 is 1.50 bits per heavy atom. The van der Waals surface area contributed by atoms with E-state index < -0.39 is 5.95 Å². The SMILES string of the molecule is CS/C([S-])=N/N=C(/C)c1c(O)oc(C)cc1=O.[Pd]. The fourth-order valence-corrected chi connectivity index (χ4v) is 1.30. The van der Waals surface area contributed by atoms with Gasteiger partial charge in [0.25, 0.3) is 5.95 Å². The van der Waals surface area contributed by atoms with Crippen LogP contribution < -0.4 is 5.43 Å². The third kappa shape index (κ3) is 4.54. The van der Waals surface area contributed by atoms with Gasteiger partial charge in [0.15, 0.2) is 5.43 Å². The van der Waals surface area contributed by atoms with Crippen molar-refractivity contribution in [1.29, 1.82) is 0 Å². The molecule has 0 aromatic carbocycles. The minimum atomic E-state index is -0.457. The van der Waals surface area contributed by atoms with Crippen LogP contribution in [0, 0.1) is 6.92 Å². The molecule has 18 heavy (non-hydrogen) atoms. The Morgan fingerprint density at radius 3 is 2.61 bits per heavy atom. The van der Waals surface area contributed by atoms with Gasteiger partial charge < -0.3 is 22.2 Å². The number of rotatable bonds is 2. The van der Waals surface area contributed by atoms with Crippen molar-refractivity contribution in [3.63, 3.8) is 0 Å². The van der Waals surface area contributed by atoms with E-state index in [4.69, 9.17) is 17.0 Å². The van der Waals surface area contributed by atoms with Gasteiger partial charge in [-0.25, -0.2) is 0 Å². The molecule has 8 heteroatoms. The number of aryl methyl sites for hydroxylation is 1. The van der Waals surface area contributed by atoms with Gasteiger partial charge in [-0.05, 0) is 24.5 Å². The second-order valence-corrected chi connectivity index (χ2v) is 4.60. The quantitative estimate of drug-likeness (QED) is 0.279. The van der Waals surface area contributed by atoms with E-state index in [1.165, 1.54) is 17.8 Å². The number of nitrogens with zero attached hydrogens (tertiary/aromatic N) is 2. The number of thioether (sulfide) groups is 1. The third-order valence-electron chi connectivity index (χ3n) is 1.87. The van der Waals surface area contributed by atoms with Crippen LogP contribution in [0.3, 0.4) is 0 Å². The summed E-state index contributed by atoms with van der Waals surface area (Å²) in [6.07, 6.45) is 1.77. The van der Waals surface area contributed by atoms with Gasteiger partial charge in [0.1, 0.15) is 11.3 Å². The zero-order chi connectivity index (χ0) is 13.0. The summed E-state index contributed by atoms with van der Waals surface area (Å²) in [4.78, 5) is 11.6. The molecule has 1 aromatic heterocycles. The molecule has 102 valence electrons. The zero-order valence-corrected chi connectivity index (χ0v) is 13.1. The molecular weight excluding hydrogens is 367 g/mol. The zero-order valence-electron chi connectivity index (χ0n) is 9.87. The van der Waals surface area contributed by atoms with Crippen LogP contribution in [0.25, 0.3) is 0 Å². The Labute approximate surface area is 128 Å².